The van der Waals surface area contributed by atoms with Gasteiger partial charge in [-0.1, -0.05) is 60.1 Å². The SMILES string of the molecule is CC(=O)N(CCc1c(C)[nH]c2ccccc12)[C@@H](C(=O)Nc1c(C)cccc1C)c1ccc(Cl)cc1. The molecule has 0 spiro atoms. The second-order valence-electron chi connectivity index (χ2n) is 8.95. The van der Waals surface area contributed by atoms with E-state index in [1.807, 2.05) is 69.3 Å². The highest BCUT2D eigenvalue weighted by molar-refractivity contribution is 6.30. The number of nitrogens with zero attached hydrogens (tertiary/aromatic N) is 1. The van der Waals surface area contributed by atoms with Gasteiger partial charge in [0.15, 0.2) is 0 Å². The van der Waals surface area contributed by atoms with Crippen molar-refractivity contribution in [1.82, 2.24) is 9.88 Å². The molecule has 0 radical (unpaired) electrons. The van der Waals surface area contributed by atoms with E-state index >= 15 is 0 Å². The van der Waals surface area contributed by atoms with Gasteiger partial charge >= 0.3 is 0 Å². The molecule has 2 amide bonds. The van der Waals surface area contributed by atoms with Gasteiger partial charge in [0.25, 0.3) is 5.91 Å². The van der Waals surface area contributed by atoms with Crippen LogP contribution in [0.15, 0.2) is 66.7 Å². The van der Waals surface area contributed by atoms with Crippen molar-refractivity contribution in [3.05, 3.63) is 99.7 Å². The number of aryl methyl sites for hydroxylation is 3. The van der Waals surface area contributed by atoms with Crippen molar-refractivity contribution in [2.45, 2.75) is 40.2 Å². The van der Waals surface area contributed by atoms with Gasteiger partial charge in [0.05, 0.1) is 0 Å². The second kappa shape index (κ2) is 10.4. The van der Waals surface area contributed by atoms with Gasteiger partial charge in [-0.2, -0.15) is 0 Å². The monoisotopic (exact) mass is 487 g/mol. The Labute approximate surface area is 211 Å². The molecule has 0 aliphatic carbocycles. The van der Waals surface area contributed by atoms with Crippen LogP contribution in [0, 0.1) is 20.8 Å². The Morgan fingerprint density at radius 1 is 0.943 bits per heavy atom. The summed E-state index contributed by atoms with van der Waals surface area (Å²) in [5, 5.41) is 4.80. The lowest BCUT2D eigenvalue weighted by molar-refractivity contribution is -0.137. The third-order valence-corrected chi connectivity index (χ3v) is 6.76. The number of carbonyl (C=O) groups excluding carboxylic acids is 2. The topological polar surface area (TPSA) is 65.2 Å². The van der Waals surface area contributed by atoms with Crippen LogP contribution in [0.1, 0.15) is 40.9 Å². The van der Waals surface area contributed by atoms with Crippen LogP contribution in [0.25, 0.3) is 10.9 Å². The van der Waals surface area contributed by atoms with E-state index in [0.29, 0.717) is 23.6 Å². The number of aromatic amines is 1. The molecule has 0 bridgehead atoms. The van der Waals surface area contributed by atoms with E-state index in [0.717, 1.165) is 39.0 Å². The van der Waals surface area contributed by atoms with E-state index in [-0.39, 0.29) is 11.8 Å². The molecule has 3 aromatic carbocycles. The number of benzene rings is 3. The number of halogens is 1. The fourth-order valence-electron chi connectivity index (χ4n) is 4.68. The molecular formula is C29H30ClN3O2. The minimum Gasteiger partial charge on any atom is -0.358 e. The van der Waals surface area contributed by atoms with Crippen LogP contribution < -0.4 is 5.32 Å². The number of fused-ring (bicyclic) bond motifs is 1. The van der Waals surface area contributed by atoms with Gasteiger partial charge in [-0.05, 0) is 67.6 Å². The number of hydrogen-bond donors (Lipinski definition) is 2. The molecule has 35 heavy (non-hydrogen) atoms. The Balaban J connectivity index is 1.69. The van der Waals surface area contributed by atoms with Crippen molar-refractivity contribution < 1.29 is 9.59 Å². The average Bonchev–Trinajstić information content (AvgIpc) is 3.14. The molecule has 4 rings (SSSR count). The molecule has 0 saturated carbocycles. The summed E-state index contributed by atoms with van der Waals surface area (Å²) in [6.07, 6.45) is 0.621. The van der Waals surface area contributed by atoms with Crippen molar-refractivity contribution in [2.75, 3.05) is 11.9 Å². The van der Waals surface area contributed by atoms with Crippen molar-refractivity contribution >= 4 is 40.0 Å². The molecule has 6 heteroatoms. The number of carbonyl (C=O) groups is 2. The Morgan fingerprint density at radius 2 is 1.60 bits per heavy atom. The van der Waals surface area contributed by atoms with Gasteiger partial charge in [-0.3, -0.25) is 9.59 Å². The van der Waals surface area contributed by atoms with Crippen LogP contribution >= 0.6 is 11.6 Å². The molecule has 2 N–H and O–H groups in total. The maximum Gasteiger partial charge on any atom is 0.251 e. The molecule has 1 atom stereocenters. The average molecular weight is 488 g/mol. The van der Waals surface area contributed by atoms with Gasteiger partial charge in [-0.15, -0.1) is 0 Å². The van der Waals surface area contributed by atoms with Crippen LogP contribution in [-0.4, -0.2) is 28.2 Å². The third-order valence-electron chi connectivity index (χ3n) is 6.51. The quantitative estimate of drug-likeness (QED) is 0.311. The number of nitrogens with one attached hydrogen (secondary N) is 2. The van der Waals surface area contributed by atoms with Gasteiger partial charge in [0.1, 0.15) is 6.04 Å². The summed E-state index contributed by atoms with van der Waals surface area (Å²) in [5.74, 6) is -0.422. The lowest BCUT2D eigenvalue weighted by Gasteiger charge is -2.31. The number of aromatic nitrogens is 1. The summed E-state index contributed by atoms with van der Waals surface area (Å²) < 4.78 is 0. The third kappa shape index (κ3) is 5.25. The first kappa shape index (κ1) is 24.6. The highest BCUT2D eigenvalue weighted by atomic mass is 35.5. The Bertz CT molecular complexity index is 1350. The number of hydrogen-bond acceptors (Lipinski definition) is 2. The second-order valence-corrected chi connectivity index (χ2v) is 9.38. The fourth-order valence-corrected chi connectivity index (χ4v) is 4.80. The predicted octanol–water partition coefficient (Wildman–Crippen LogP) is 6.52. The normalized spacial score (nSPS) is 11.9. The number of anilines is 1. The van der Waals surface area contributed by atoms with Crippen molar-refractivity contribution in [2.24, 2.45) is 0 Å². The largest absolute Gasteiger partial charge is 0.358 e. The van der Waals surface area contributed by atoms with E-state index in [1.165, 1.54) is 6.92 Å². The van der Waals surface area contributed by atoms with E-state index in [4.69, 9.17) is 11.6 Å². The maximum absolute atomic E-state index is 13.7. The molecular weight excluding hydrogens is 458 g/mol. The first-order valence-electron chi connectivity index (χ1n) is 11.7. The Hall–Kier alpha value is -3.57. The molecule has 1 heterocycles. The van der Waals surface area contributed by atoms with Crippen molar-refractivity contribution in [3.8, 4) is 0 Å². The molecule has 5 nitrogen and oxygen atoms in total. The van der Waals surface area contributed by atoms with Crippen LogP contribution in [0.4, 0.5) is 5.69 Å². The van der Waals surface area contributed by atoms with Crippen LogP contribution in [0.5, 0.6) is 0 Å². The number of rotatable bonds is 7. The number of H-pyrrole nitrogens is 1. The highest BCUT2D eigenvalue weighted by Crippen LogP contribution is 2.29. The van der Waals surface area contributed by atoms with Crippen LogP contribution in [0.2, 0.25) is 5.02 Å². The summed E-state index contributed by atoms with van der Waals surface area (Å²) >= 11 is 6.13. The minimum absolute atomic E-state index is 0.168. The molecule has 0 aliphatic rings. The molecule has 1 aromatic heterocycles. The van der Waals surface area contributed by atoms with Gasteiger partial charge in [0.2, 0.25) is 5.91 Å². The first-order valence-corrected chi connectivity index (χ1v) is 12.1. The Morgan fingerprint density at radius 3 is 2.26 bits per heavy atom. The number of para-hydroxylation sites is 2. The molecule has 0 aliphatic heterocycles. The van der Waals surface area contributed by atoms with Crippen LogP contribution in [0.3, 0.4) is 0 Å². The van der Waals surface area contributed by atoms with Crippen LogP contribution in [-0.2, 0) is 16.0 Å². The zero-order valence-corrected chi connectivity index (χ0v) is 21.2. The van der Waals surface area contributed by atoms with Gasteiger partial charge < -0.3 is 15.2 Å². The maximum atomic E-state index is 13.7. The number of amides is 2. The summed E-state index contributed by atoms with van der Waals surface area (Å²) in [6.45, 7) is 7.87. The zero-order valence-electron chi connectivity index (χ0n) is 20.5. The van der Waals surface area contributed by atoms with Crippen molar-refractivity contribution in [1.29, 1.82) is 0 Å². The van der Waals surface area contributed by atoms with E-state index < -0.39 is 6.04 Å². The smallest absolute Gasteiger partial charge is 0.251 e. The zero-order chi connectivity index (χ0) is 25.1. The van der Waals surface area contributed by atoms with E-state index in [9.17, 15) is 9.59 Å². The molecule has 0 saturated heterocycles. The molecule has 0 fully saturated rings. The Kier molecular flexibility index (Phi) is 7.27. The van der Waals surface area contributed by atoms with Crippen molar-refractivity contribution in [3.63, 3.8) is 0 Å². The van der Waals surface area contributed by atoms with Gasteiger partial charge in [0, 0.05) is 40.8 Å². The summed E-state index contributed by atoms with van der Waals surface area (Å²) in [7, 11) is 0. The molecule has 4 aromatic rings. The summed E-state index contributed by atoms with van der Waals surface area (Å²) in [6, 6.07) is 20.3. The standard InChI is InChI=1S/C29H30ClN3O2/c1-18-8-7-9-19(2)27(18)32-29(35)28(22-12-14-23(30)15-13-22)33(21(4)34)17-16-24-20(3)31-26-11-6-5-10-25(24)26/h5-15,28,31H,16-17H2,1-4H3,(H,32,35)/t28-/m1/s1. The lowest BCUT2D eigenvalue weighted by Crippen LogP contribution is -2.41. The van der Waals surface area contributed by atoms with E-state index in [2.05, 4.69) is 16.4 Å². The molecule has 180 valence electrons. The minimum atomic E-state index is -0.797. The molecule has 0 unspecified atom stereocenters. The summed E-state index contributed by atoms with van der Waals surface area (Å²) in [4.78, 5) is 31.7. The first-order chi connectivity index (χ1) is 16.8. The van der Waals surface area contributed by atoms with E-state index in [1.54, 1.807) is 17.0 Å². The fraction of sp³-hybridized carbons (Fsp3) is 0.241. The lowest BCUT2D eigenvalue weighted by atomic mass is 10.0. The van der Waals surface area contributed by atoms with Gasteiger partial charge in [-0.25, -0.2) is 0 Å². The highest BCUT2D eigenvalue weighted by Gasteiger charge is 2.30. The summed E-state index contributed by atoms with van der Waals surface area (Å²) in [5.41, 5.74) is 6.71. The predicted molar refractivity (Wildman–Crippen MR) is 143 cm³/mol.